The molecular formula is C11H12Br2N2O2. The zero-order chi connectivity index (χ0) is 12.3. The molecule has 0 saturated carbocycles. The molecule has 0 N–H and O–H groups in total. The lowest BCUT2D eigenvalue weighted by Gasteiger charge is -2.31. The van der Waals surface area contributed by atoms with E-state index in [1.54, 1.807) is 17.2 Å². The van der Waals surface area contributed by atoms with Crippen molar-refractivity contribution in [2.24, 2.45) is 0 Å². The number of nitrogens with zero attached hydrogens (tertiary/aromatic N) is 2. The second-order valence-electron chi connectivity index (χ2n) is 3.76. The van der Waals surface area contributed by atoms with Crippen LogP contribution in [0.25, 0.3) is 0 Å². The maximum absolute atomic E-state index is 12.1. The smallest absolute Gasteiger partial charge is 0.272 e. The number of morpholine rings is 1. The monoisotopic (exact) mass is 362 g/mol. The molecule has 1 aliphatic rings. The lowest BCUT2D eigenvalue weighted by Crippen LogP contribution is -2.46. The standard InChI is InChI=1S/C11H12Br2N2O2/c12-5-9-7-15(3-4-17-9)11(16)10-2-1-8(13)6-14-10/h1-2,6,9H,3-5,7H2. The van der Waals surface area contributed by atoms with Gasteiger partial charge in [-0.2, -0.15) is 0 Å². The molecule has 2 heterocycles. The topological polar surface area (TPSA) is 42.4 Å². The largest absolute Gasteiger partial charge is 0.374 e. The van der Waals surface area contributed by atoms with Crippen molar-refractivity contribution in [1.82, 2.24) is 9.88 Å². The second kappa shape index (κ2) is 5.93. The number of halogens is 2. The van der Waals surface area contributed by atoms with Crippen LogP contribution in [-0.4, -0.2) is 46.9 Å². The van der Waals surface area contributed by atoms with E-state index in [9.17, 15) is 4.79 Å². The number of pyridine rings is 1. The van der Waals surface area contributed by atoms with Crippen molar-refractivity contribution < 1.29 is 9.53 Å². The van der Waals surface area contributed by atoms with Crippen LogP contribution >= 0.6 is 31.9 Å². The minimum Gasteiger partial charge on any atom is -0.374 e. The molecule has 0 aliphatic carbocycles. The minimum atomic E-state index is -0.0354. The van der Waals surface area contributed by atoms with Gasteiger partial charge < -0.3 is 9.64 Å². The van der Waals surface area contributed by atoms with E-state index in [-0.39, 0.29) is 12.0 Å². The van der Waals surface area contributed by atoms with Crippen LogP contribution in [0.4, 0.5) is 0 Å². The van der Waals surface area contributed by atoms with Crippen molar-refractivity contribution in [3.05, 3.63) is 28.5 Å². The second-order valence-corrected chi connectivity index (χ2v) is 5.32. The Morgan fingerprint density at radius 3 is 3.06 bits per heavy atom. The molecule has 92 valence electrons. The Bertz CT molecular complexity index is 397. The molecule has 0 spiro atoms. The van der Waals surface area contributed by atoms with Gasteiger partial charge in [0.15, 0.2) is 0 Å². The Labute approximate surface area is 117 Å². The summed E-state index contributed by atoms with van der Waals surface area (Å²) in [4.78, 5) is 18.0. The molecule has 0 radical (unpaired) electrons. The van der Waals surface area contributed by atoms with Crippen LogP contribution in [0, 0.1) is 0 Å². The average molecular weight is 364 g/mol. The highest BCUT2D eigenvalue weighted by molar-refractivity contribution is 9.10. The highest BCUT2D eigenvalue weighted by atomic mass is 79.9. The highest BCUT2D eigenvalue weighted by Gasteiger charge is 2.24. The quantitative estimate of drug-likeness (QED) is 0.755. The summed E-state index contributed by atoms with van der Waals surface area (Å²) in [5.41, 5.74) is 0.475. The summed E-state index contributed by atoms with van der Waals surface area (Å²) in [5.74, 6) is -0.0354. The van der Waals surface area contributed by atoms with Crippen LogP contribution in [0.2, 0.25) is 0 Å². The number of hydrogen-bond donors (Lipinski definition) is 0. The normalized spacial score (nSPS) is 20.4. The van der Waals surface area contributed by atoms with Gasteiger partial charge in [-0.15, -0.1) is 0 Å². The molecule has 1 aromatic rings. The lowest BCUT2D eigenvalue weighted by molar-refractivity contribution is -0.00987. The van der Waals surface area contributed by atoms with Gasteiger partial charge in [-0.05, 0) is 28.1 Å². The fourth-order valence-electron chi connectivity index (χ4n) is 1.66. The summed E-state index contributed by atoms with van der Waals surface area (Å²) in [6.45, 7) is 1.82. The number of rotatable bonds is 2. The Hall–Kier alpha value is -0.460. The van der Waals surface area contributed by atoms with Crippen LogP contribution in [0.1, 0.15) is 10.5 Å². The third-order valence-electron chi connectivity index (χ3n) is 2.54. The molecule has 0 aromatic carbocycles. The lowest BCUT2D eigenvalue weighted by atomic mass is 10.2. The number of aromatic nitrogens is 1. The Morgan fingerprint density at radius 1 is 1.59 bits per heavy atom. The van der Waals surface area contributed by atoms with Crippen molar-refractivity contribution in [3.8, 4) is 0 Å². The predicted molar refractivity (Wildman–Crippen MR) is 71.4 cm³/mol. The van der Waals surface area contributed by atoms with Gasteiger partial charge in [-0.1, -0.05) is 15.9 Å². The number of amides is 1. The van der Waals surface area contributed by atoms with E-state index in [4.69, 9.17) is 4.74 Å². The summed E-state index contributed by atoms with van der Waals surface area (Å²) in [7, 11) is 0. The molecule has 1 amide bonds. The Morgan fingerprint density at radius 2 is 2.41 bits per heavy atom. The summed E-state index contributed by atoms with van der Waals surface area (Å²) in [6.07, 6.45) is 1.71. The first-order valence-electron chi connectivity index (χ1n) is 5.29. The van der Waals surface area contributed by atoms with E-state index in [0.29, 0.717) is 25.4 Å². The van der Waals surface area contributed by atoms with E-state index in [1.165, 1.54) is 0 Å². The van der Waals surface area contributed by atoms with Crippen LogP contribution in [0.3, 0.4) is 0 Å². The summed E-state index contributed by atoms with van der Waals surface area (Å²) >= 11 is 6.67. The molecule has 1 aromatic heterocycles. The molecular weight excluding hydrogens is 352 g/mol. The number of carbonyl (C=O) groups is 1. The zero-order valence-corrected chi connectivity index (χ0v) is 12.3. The minimum absolute atomic E-state index is 0.0354. The third-order valence-corrected chi connectivity index (χ3v) is 3.74. The van der Waals surface area contributed by atoms with Crippen LogP contribution < -0.4 is 0 Å². The molecule has 2 rings (SSSR count). The van der Waals surface area contributed by atoms with Gasteiger partial charge in [0.1, 0.15) is 5.69 Å². The number of alkyl halides is 1. The van der Waals surface area contributed by atoms with Gasteiger partial charge in [0, 0.05) is 29.1 Å². The van der Waals surface area contributed by atoms with Crippen molar-refractivity contribution >= 4 is 37.8 Å². The molecule has 1 saturated heterocycles. The van der Waals surface area contributed by atoms with Gasteiger partial charge >= 0.3 is 0 Å². The Balaban J connectivity index is 2.06. The van der Waals surface area contributed by atoms with E-state index in [0.717, 1.165) is 9.80 Å². The number of ether oxygens (including phenoxy) is 1. The molecule has 0 bridgehead atoms. The van der Waals surface area contributed by atoms with E-state index in [2.05, 4.69) is 36.8 Å². The summed E-state index contributed by atoms with van der Waals surface area (Å²) < 4.78 is 6.36. The van der Waals surface area contributed by atoms with E-state index >= 15 is 0 Å². The fourth-order valence-corrected chi connectivity index (χ4v) is 2.29. The van der Waals surface area contributed by atoms with Gasteiger partial charge in [0.05, 0.1) is 12.7 Å². The molecule has 1 aliphatic heterocycles. The third kappa shape index (κ3) is 3.26. The molecule has 6 heteroatoms. The molecule has 1 unspecified atom stereocenters. The van der Waals surface area contributed by atoms with Gasteiger partial charge in [0.25, 0.3) is 5.91 Å². The number of hydrogen-bond acceptors (Lipinski definition) is 3. The molecule has 1 fully saturated rings. The van der Waals surface area contributed by atoms with Crippen molar-refractivity contribution in [2.45, 2.75) is 6.10 Å². The van der Waals surface area contributed by atoms with Crippen molar-refractivity contribution in [1.29, 1.82) is 0 Å². The first kappa shape index (κ1) is 13.0. The highest BCUT2D eigenvalue weighted by Crippen LogP contribution is 2.13. The zero-order valence-electron chi connectivity index (χ0n) is 9.10. The van der Waals surface area contributed by atoms with E-state index < -0.39 is 0 Å². The molecule has 17 heavy (non-hydrogen) atoms. The summed E-state index contributed by atoms with van der Waals surface area (Å²) in [5, 5.41) is 0.741. The maximum atomic E-state index is 12.1. The van der Waals surface area contributed by atoms with Crippen LogP contribution in [0.15, 0.2) is 22.8 Å². The van der Waals surface area contributed by atoms with Gasteiger partial charge in [-0.25, -0.2) is 4.98 Å². The summed E-state index contributed by atoms with van der Waals surface area (Å²) in [6, 6.07) is 3.55. The van der Waals surface area contributed by atoms with Crippen molar-refractivity contribution in [2.75, 3.05) is 25.0 Å². The Kier molecular flexibility index (Phi) is 4.53. The van der Waals surface area contributed by atoms with Gasteiger partial charge in [-0.3, -0.25) is 4.79 Å². The van der Waals surface area contributed by atoms with E-state index in [1.807, 2.05) is 6.07 Å². The maximum Gasteiger partial charge on any atom is 0.272 e. The van der Waals surface area contributed by atoms with Crippen LogP contribution in [-0.2, 0) is 4.74 Å². The number of carbonyl (C=O) groups excluding carboxylic acids is 1. The predicted octanol–water partition coefficient (Wildman–Crippen LogP) is 2.08. The molecule has 4 nitrogen and oxygen atoms in total. The SMILES string of the molecule is O=C(c1ccc(Br)cn1)N1CCOC(CBr)C1. The first-order valence-corrected chi connectivity index (χ1v) is 7.20. The van der Waals surface area contributed by atoms with Crippen LogP contribution in [0.5, 0.6) is 0 Å². The first-order chi connectivity index (χ1) is 8.20. The fraction of sp³-hybridized carbons (Fsp3) is 0.455. The van der Waals surface area contributed by atoms with Gasteiger partial charge in [0.2, 0.25) is 0 Å². The van der Waals surface area contributed by atoms with Crippen molar-refractivity contribution in [3.63, 3.8) is 0 Å². The molecule has 1 atom stereocenters. The average Bonchev–Trinajstić information content (AvgIpc) is 2.39.